The molecule has 0 spiro atoms. The van der Waals surface area contributed by atoms with Gasteiger partial charge in [0.25, 0.3) is 5.91 Å². The first-order valence-corrected chi connectivity index (χ1v) is 6.94. The SMILES string of the molecule is O=C1N(Cc2ccccc2)SC(Cl)(Cl)C1(Cl)Cl. The molecule has 0 atom stereocenters. The number of carbonyl (C=O) groups excluding carboxylic acids is 1. The number of carbonyl (C=O) groups is 1. The van der Waals surface area contributed by atoms with E-state index in [9.17, 15) is 4.79 Å². The van der Waals surface area contributed by atoms with Crippen molar-refractivity contribution in [2.24, 2.45) is 0 Å². The van der Waals surface area contributed by atoms with Crippen LogP contribution >= 0.6 is 58.4 Å². The minimum Gasteiger partial charge on any atom is -0.277 e. The zero-order valence-electron chi connectivity index (χ0n) is 8.37. The number of hydrogen-bond acceptors (Lipinski definition) is 2. The predicted molar refractivity (Wildman–Crippen MR) is 73.5 cm³/mol. The lowest BCUT2D eigenvalue weighted by Crippen LogP contribution is -2.37. The molecule has 0 saturated carbocycles. The van der Waals surface area contributed by atoms with E-state index in [2.05, 4.69) is 0 Å². The van der Waals surface area contributed by atoms with Crippen molar-refractivity contribution in [3.63, 3.8) is 0 Å². The predicted octanol–water partition coefficient (Wildman–Crippen LogP) is 3.98. The van der Waals surface area contributed by atoms with Crippen LogP contribution in [0.3, 0.4) is 0 Å². The molecule has 2 rings (SSSR count). The highest BCUT2D eigenvalue weighted by Gasteiger charge is 2.63. The first kappa shape index (κ1) is 13.6. The molecule has 0 bridgehead atoms. The summed E-state index contributed by atoms with van der Waals surface area (Å²) in [7, 11) is 0. The van der Waals surface area contributed by atoms with E-state index in [0.717, 1.165) is 17.5 Å². The van der Waals surface area contributed by atoms with Crippen LogP contribution in [0, 0.1) is 0 Å². The van der Waals surface area contributed by atoms with Crippen LogP contribution in [0.2, 0.25) is 0 Å². The molecule has 0 aromatic heterocycles. The lowest BCUT2D eigenvalue weighted by molar-refractivity contribution is -0.126. The van der Waals surface area contributed by atoms with Crippen molar-refractivity contribution in [3.05, 3.63) is 35.9 Å². The second-order valence-electron chi connectivity index (χ2n) is 3.51. The second-order valence-corrected chi connectivity index (χ2v) is 7.85. The van der Waals surface area contributed by atoms with Gasteiger partial charge in [0.2, 0.25) is 8.00 Å². The van der Waals surface area contributed by atoms with Gasteiger partial charge in [-0.15, -0.1) is 0 Å². The van der Waals surface area contributed by atoms with Crippen LogP contribution in [0.4, 0.5) is 0 Å². The Balaban J connectivity index is 2.18. The summed E-state index contributed by atoms with van der Waals surface area (Å²) in [6.07, 6.45) is 0. The molecule has 1 aromatic carbocycles. The maximum atomic E-state index is 11.9. The van der Waals surface area contributed by atoms with E-state index in [0.29, 0.717) is 6.54 Å². The maximum Gasteiger partial charge on any atom is 0.273 e. The van der Waals surface area contributed by atoms with Crippen LogP contribution in [0.25, 0.3) is 0 Å². The Hall–Kier alpha value is 0.200. The van der Waals surface area contributed by atoms with E-state index >= 15 is 0 Å². The number of alkyl halides is 4. The fourth-order valence-electron chi connectivity index (χ4n) is 1.37. The van der Waals surface area contributed by atoms with Crippen LogP contribution in [0.15, 0.2) is 30.3 Å². The van der Waals surface area contributed by atoms with E-state index in [1.165, 1.54) is 4.31 Å². The molecule has 1 amide bonds. The highest BCUT2D eigenvalue weighted by Crippen LogP contribution is 2.58. The summed E-state index contributed by atoms with van der Waals surface area (Å²) >= 11 is 24.5. The fraction of sp³-hybridized carbons (Fsp3) is 0.300. The third-order valence-corrected chi connectivity index (χ3v) is 5.79. The molecule has 17 heavy (non-hydrogen) atoms. The van der Waals surface area contributed by atoms with Gasteiger partial charge in [-0.3, -0.25) is 9.10 Å². The number of rotatable bonds is 2. The molecule has 0 radical (unpaired) electrons. The fourth-order valence-corrected chi connectivity index (χ4v) is 3.46. The molecule has 1 saturated heterocycles. The molecule has 0 N–H and O–H groups in total. The number of benzene rings is 1. The van der Waals surface area contributed by atoms with Crippen LogP contribution in [0.1, 0.15) is 5.56 Å². The van der Waals surface area contributed by atoms with Gasteiger partial charge in [-0.25, -0.2) is 0 Å². The first-order chi connectivity index (χ1) is 7.84. The van der Waals surface area contributed by atoms with Crippen molar-refractivity contribution < 1.29 is 4.79 Å². The summed E-state index contributed by atoms with van der Waals surface area (Å²) in [6.45, 7) is 0.354. The van der Waals surface area contributed by atoms with E-state index in [1.54, 1.807) is 0 Å². The van der Waals surface area contributed by atoms with Gasteiger partial charge >= 0.3 is 0 Å². The Bertz CT molecular complexity index is 437. The minimum atomic E-state index is -1.82. The van der Waals surface area contributed by atoms with Gasteiger partial charge in [0.05, 0.1) is 6.54 Å². The summed E-state index contributed by atoms with van der Waals surface area (Å²) in [5.74, 6) is -0.500. The molecule has 92 valence electrons. The van der Waals surface area contributed by atoms with Gasteiger partial charge in [-0.05, 0) is 17.5 Å². The number of halogens is 4. The van der Waals surface area contributed by atoms with Crippen LogP contribution in [-0.4, -0.2) is 18.2 Å². The van der Waals surface area contributed by atoms with Crippen molar-refractivity contribution in [3.8, 4) is 0 Å². The molecule has 1 fully saturated rings. The number of amides is 1. The average Bonchev–Trinajstić information content (AvgIpc) is 2.41. The van der Waals surface area contributed by atoms with Gasteiger partial charge in [-0.1, -0.05) is 76.7 Å². The second kappa shape index (κ2) is 4.71. The molecular formula is C10H7Cl4NOS. The zero-order valence-corrected chi connectivity index (χ0v) is 12.2. The molecule has 1 aliphatic heterocycles. The Kier molecular flexibility index (Phi) is 3.77. The Morgan fingerprint density at radius 2 is 1.71 bits per heavy atom. The van der Waals surface area contributed by atoms with Crippen LogP contribution in [0.5, 0.6) is 0 Å². The van der Waals surface area contributed by atoms with Crippen LogP contribution < -0.4 is 0 Å². The summed E-state index contributed by atoms with van der Waals surface area (Å²) in [6, 6.07) is 9.43. The Morgan fingerprint density at radius 1 is 1.12 bits per heavy atom. The molecule has 2 nitrogen and oxygen atoms in total. The third-order valence-electron chi connectivity index (χ3n) is 2.25. The van der Waals surface area contributed by atoms with E-state index < -0.39 is 13.9 Å². The third kappa shape index (κ3) is 2.49. The van der Waals surface area contributed by atoms with Gasteiger partial charge in [0, 0.05) is 0 Å². The lowest BCUT2D eigenvalue weighted by atomic mass is 10.2. The standard InChI is InChI=1S/C10H7Cl4NOS/c11-9(12)8(16)15(17-10(9,13)14)6-7-4-2-1-3-5-7/h1-5H,6H2. The Morgan fingerprint density at radius 3 is 2.18 bits per heavy atom. The van der Waals surface area contributed by atoms with Crippen molar-refractivity contribution >= 4 is 64.3 Å². The lowest BCUT2D eigenvalue weighted by Gasteiger charge is -2.18. The smallest absolute Gasteiger partial charge is 0.273 e. The van der Waals surface area contributed by atoms with E-state index in [4.69, 9.17) is 46.4 Å². The summed E-state index contributed by atoms with van der Waals surface area (Å²) in [5.41, 5.74) is 0.948. The maximum absolute atomic E-state index is 11.9. The van der Waals surface area contributed by atoms with Gasteiger partial charge in [0.1, 0.15) is 0 Å². The van der Waals surface area contributed by atoms with E-state index in [1.807, 2.05) is 30.3 Å². The summed E-state index contributed by atoms with van der Waals surface area (Å²) in [5, 5.41) is 0. The van der Waals surface area contributed by atoms with Gasteiger partial charge in [-0.2, -0.15) is 0 Å². The average molecular weight is 331 g/mol. The monoisotopic (exact) mass is 329 g/mol. The normalized spacial score (nSPS) is 21.9. The van der Waals surface area contributed by atoms with E-state index in [-0.39, 0.29) is 0 Å². The summed E-state index contributed by atoms with van der Waals surface area (Å²) in [4.78, 5) is 11.9. The van der Waals surface area contributed by atoms with Crippen LogP contribution in [-0.2, 0) is 11.3 Å². The molecule has 1 aliphatic rings. The molecule has 1 heterocycles. The molecule has 0 aliphatic carbocycles. The molecule has 1 aromatic rings. The van der Waals surface area contributed by atoms with Crippen molar-refractivity contribution in [1.29, 1.82) is 0 Å². The summed E-state index contributed by atoms with van der Waals surface area (Å²) < 4.78 is -2.02. The van der Waals surface area contributed by atoms with Gasteiger partial charge in [0.15, 0.2) is 0 Å². The molecule has 7 heteroatoms. The largest absolute Gasteiger partial charge is 0.277 e. The molecular weight excluding hydrogens is 324 g/mol. The number of hydrogen-bond donors (Lipinski definition) is 0. The van der Waals surface area contributed by atoms with Crippen molar-refractivity contribution in [2.45, 2.75) is 14.5 Å². The highest BCUT2D eigenvalue weighted by molar-refractivity contribution is 8.02. The number of nitrogens with zero attached hydrogens (tertiary/aromatic N) is 1. The minimum absolute atomic E-state index is 0.354. The zero-order chi connectivity index (χ0) is 12.7. The highest BCUT2D eigenvalue weighted by atomic mass is 35.5. The van der Waals surface area contributed by atoms with Crippen molar-refractivity contribution in [1.82, 2.24) is 4.31 Å². The van der Waals surface area contributed by atoms with Crippen molar-refractivity contribution in [2.75, 3.05) is 0 Å². The first-order valence-electron chi connectivity index (χ1n) is 4.65. The Labute approximate surface area is 123 Å². The van der Waals surface area contributed by atoms with Gasteiger partial charge < -0.3 is 0 Å². The molecule has 0 unspecified atom stereocenters. The topological polar surface area (TPSA) is 20.3 Å². The quantitative estimate of drug-likeness (QED) is 0.603.